The predicted molar refractivity (Wildman–Crippen MR) is 54.2 cm³/mol. The number of nitrogens with zero attached hydrogens (tertiary/aromatic N) is 1. The van der Waals surface area contributed by atoms with Crippen LogP contribution in [-0.2, 0) is 10.6 Å². The Morgan fingerprint density at radius 1 is 1.60 bits per heavy atom. The van der Waals surface area contributed by atoms with Crippen LogP contribution in [0.15, 0.2) is 29.3 Å². The molecule has 1 rings (SSSR count). The molecule has 1 unspecified atom stereocenters. The second-order valence-corrected chi connectivity index (χ2v) is 3.12. The van der Waals surface area contributed by atoms with E-state index in [1.807, 2.05) is 6.92 Å². The minimum absolute atomic E-state index is 0.275. The first-order chi connectivity index (χ1) is 7.10. The Balaban J connectivity index is 3.04. The van der Waals surface area contributed by atoms with Gasteiger partial charge in [-0.15, -0.1) is 0 Å². The lowest BCUT2D eigenvalue weighted by molar-refractivity contribution is 0.205. The minimum atomic E-state index is -2.05. The zero-order chi connectivity index (χ0) is 11.3. The number of carbonyl (C=O) groups excluding carboxylic acids is 1. The Bertz CT molecular complexity index is 384. The van der Waals surface area contributed by atoms with E-state index in [4.69, 9.17) is 4.74 Å². The molecule has 0 spiro atoms. The van der Waals surface area contributed by atoms with Gasteiger partial charge in [-0.1, -0.05) is 12.1 Å². The van der Waals surface area contributed by atoms with Crippen molar-refractivity contribution in [1.29, 1.82) is 0 Å². The number of hydrogen-bond acceptors (Lipinski definition) is 3. The fourth-order valence-corrected chi connectivity index (χ4v) is 1.19. The summed E-state index contributed by atoms with van der Waals surface area (Å²) < 4.78 is 19.0. The lowest BCUT2D eigenvalue weighted by Gasteiger charge is -2.14. The summed E-state index contributed by atoms with van der Waals surface area (Å²) in [4.78, 5) is 13.1. The molecule has 0 N–H and O–H groups in total. The van der Waals surface area contributed by atoms with Crippen LogP contribution in [0.3, 0.4) is 0 Å². The zero-order valence-electron chi connectivity index (χ0n) is 8.66. The molecule has 0 fully saturated rings. The Kier molecular flexibility index (Phi) is 3.58. The summed E-state index contributed by atoms with van der Waals surface area (Å²) in [6, 6.07) is 6.43. The van der Waals surface area contributed by atoms with Gasteiger partial charge >= 0.3 is 0 Å². The summed E-state index contributed by atoms with van der Waals surface area (Å²) in [5.41, 5.74) is 0.275. The third-order valence-corrected chi connectivity index (χ3v) is 1.93. The number of isocyanates is 1. The molecular formula is C11H12FNO2. The fourth-order valence-electron chi connectivity index (χ4n) is 1.19. The van der Waals surface area contributed by atoms with Gasteiger partial charge in [0, 0.05) is 5.56 Å². The van der Waals surface area contributed by atoms with Crippen molar-refractivity contribution in [3.63, 3.8) is 0 Å². The molecule has 0 aliphatic carbocycles. The van der Waals surface area contributed by atoms with E-state index in [0.29, 0.717) is 12.4 Å². The van der Waals surface area contributed by atoms with Crippen molar-refractivity contribution < 1.29 is 13.9 Å². The Hall–Kier alpha value is -1.67. The maximum Gasteiger partial charge on any atom is 0.238 e. The molecule has 0 saturated heterocycles. The summed E-state index contributed by atoms with van der Waals surface area (Å²) in [6.07, 6.45) is 1.22. The van der Waals surface area contributed by atoms with Crippen molar-refractivity contribution in [3.8, 4) is 5.75 Å². The van der Waals surface area contributed by atoms with E-state index in [-0.39, 0.29) is 5.56 Å². The van der Waals surface area contributed by atoms with E-state index in [1.54, 1.807) is 18.2 Å². The quantitative estimate of drug-likeness (QED) is 0.434. The topological polar surface area (TPSA) is 38.7 Å². The van der Waals surface area contributed by atoms with Crippen LogP contribution in [-0.4, -0.2) is 12.7 Å². The SMILES string of the molecule is CCOc1cccc(C(C)(F)N=C=O)c1. The van der Waals surface area contributed by atoms with Crippen LogP contribution in [0.2, 0.25) is 0 Å². The van der Waals surface area contributed by atoms with Gasteiger partial charge in [-0.05, 0) is 26.0 Å². The first-order valence-electron chi connectivity index (χ1n) is 4.61. The van der Waals surface area contributed by atoms with Gasteiger partial charge in [0.1, 0.15) is 5.75 Å². The van der Waals surface area contributed by atoms with Crippen LogP contribution in [0.1, 0.15) is 19.4 Å². The van der Waals surface area contributed by atoms with Gasteiger partial charge in [-0.3, -0.25) is 0 Å². The molecule has 15 heavy (non-hydrogen) atoms. The van der Waals surface area contributed by atoms with Gasteiger partial charge in [0.25, 0.3) is 0 Å². The normalized spacial score (nSPS) is 13.8. The molecule has 3 nitrogen and oxygen atoms in total. The van der Waals surface area contributed by atoms with E-state index in [1.165, 1.54) is 19.1 Å². The smallest absolute Gasteiger partial charge is 0.238 e. The molecule has 1 atom stereocenters. The number of halogens is 1. The van der Waals surface area contributed by atoms with E-state index in [0.717, 1.165) is 0 Å². The van der Waals surface area contributed by atoms with Crippen LogP contribution in [0, 0.1) is 0 Å². The maximum absolute atomic E-state index is 13.8. The third-order valence-electron chi connectivity index (χ3n) is 1.93. The van der Waals surface area contributed by atoms with Crippen LogP contribution < -0.4 is 4.74 Å². The largest absolute Gasteiger partial charge is 0.494 e. The first-order valence-corrected chi connectivity index (χ1v) is 4.61. The molecule has 0 radical (unpaired) electrons. The molecule has 0 bridgehead atoms. The Labute approximate surface area is 87.6 Å². The lowest BCUT2D eigenvalue weighted by Crippen LogP contribution is -2.11. The van der Waals surface area contributed by atoms with Gasteiger partial charge in [-0.2, -0.15) is 4.99 Å². The summed E-state index contributed by atoms with van der Waals surface area (Å²) in [7, 11) is 0. The predicted octanol–water partition coefficient (Wildman–Crippen LogP) is 2.56. The molecule has 80 valence electrons. The summed E-state index contributed by atoms with van der Waals surface area (Å²) >= 11 is 0. The van der Waals surface area contributed by atoms with Crippen molar-refractivity contribution >= 4 is 6.08 Å². The van der Waals surface area contributed by atoms with E-state index in [9.17, 15) is 9.18 Å². The van der Waals surface area contributed by atoms with Crippen LogP contribution in [0.4, 0.5) is 4.39 Å². The Morgan fingerprint density at radius 2 is 2.33 bits per heavy atom. The summed E-state index contributed by atoms with van der Waals surface area (Å²) in [5, 5.41) is 0. The minimum Gasteiger partial charge on any atom is -0.494 e. The number of rotatable bonds is 4. The highest BCUT2D eigenvalue weighted by molar-refractivity contribution is 5.38. The Morgan fingerprint density at radius 3 is 2.93 bits per heavy atom. The first kappa shape index (κ1) is 11.4. The molecule has 0 aliphatic rings. The van der Waals surface area contributed by atoms with Gasteiger partial charge in [0.2, 0.25) is 11.9 Å². The highest BCUT2D eigenvalue weighted by Gasteiger charge is 2.24. The number of benzene rings is 1. The van der Waals surface area contributed by atoms with E-state index >= 15 is 0 Å². The van der Waals surface area contributed by atoms with Crippen molar-refractivity contribution in [3.05, 3.63) is 29.8 Å². The monoisotopic (exact) mass is 209 g/mol. The van der Waals surface area contributed by atoms with Gasteiger partial charge in [-0.25, -0.2) is 9.18 Å². The van der Waals surface area contributed by atoms with Crippen molar-refractivity contribution in [2.24, 2.45) is 4.99 Å². The van der Waals surface area contributed by atoms with Crippen LogP contribution in [0.5, 0.6) is 5.75 Å². The molecule has 0 aromatic heterocycles. The van der Waals surface area contributed by atoms with Gasteiger partial charge < -0.3 is 4.74 Å². The number of hydrogen-bond donors (Lipinski definition) is 0. The van der Waals surface area contributed by atoms with Gasteiger partial charge in [0.15, 0.2) is 0 Å². The zero-order valence-corrected chi connectivity index (χ0v) is 8.66. The molecule has 1 aromatic carbocycles. The van der Waals surface area contributed by atoms with Crippen molar-refractivity contribution in [2.45, 2.75) is 19.6 Å². The van der Waals surface area contributed by atoms with Gasteiger partial charge in [0.05, 0.1) is 6.61 Å². The highest BCUT2D eigenvalue weighted by atomic mass is 19.1. The molecule has 0 amide bonds. The molecule has 0 saturated carbocycles. The molecule has 0 aliphatic heterocycles. The number of ether oxygens (including phenoxy) is 1. The molecule has 0 heterocycles. The maximum atomic E-state index is 13.8. The van der Waals surface area contributed by atoms with E-state index < -0.39 is 5.79 Å². The second kappa shape index (κ2) is 4.71. The second-order valence-electron chi connectivity index (χ2n) is 3.12. The average Bonchev–Trinajstić information content (AvgIpc) is 2.19. The van der Waals surface area contributed by atoms with Crippen LogP contribution >= 0.6 is 0 Å². The van der Waals surface area contributed by atoms with Crippen molar-refractivity contribution in [2.75, 3.05) is 6.61 Å². The van der Waals surface area contributed by atoms with Crippen molar-refractivity contribution in [1.82, 2.24) is 0 Å². The fraction of sp³-hybridized carbons (Fsp3) is 0.364. The summed E-state index contributed by atoms with van der Waals surface area (Å²) in [6.45, 7) is 3.54. The average molecular weight is 209 g/mol. The number of aliphatic imine (C=N–C) groups is 1. The third kappa shape index (κ3) is 2.89. The molecule has 4 heteroatoms. The summed E-state index contributed by atoms with van der Waals surface area (Å²) in [5.74, 6) is -1.49. The molecule has 1 aromatic rings. The standard InChI is InChI=1S/C11H12FNO2/c1-3-15-10-6-4-5-9(7-10)11(2,12)13-8-14/h4-7H,3H2,1-2H3. The number of alkyl halides is 1. The van der Waals surface area contributed by atoms with Crippen LogP contribution in [0.25, 0.3) is 0 Å². The van der Waals surface area contributed by atoms with E-state index in [2.05, 4.69) is 4.99 Å². The molecular weight excluding hydrogens is 197 g/mol. The highest BCUT2D eigenvalue weighted by Crippen LogP contribution is 2.28. The lowest BCUT2D eigenvalue weighted by atomic mass is 10.1.